The predicted molar refractivity (Wildman–Crippen MR) is 123 cm³/mol. The number of carbonyl (C=O) groups excluding carboxylic acids is 2. The summed E-state index contributed by atoms with van der Waals surface area (Å²) < 4.78 is 0. The fourth-order valence-corrected chi connectivity index (χ4v) is 5.08. The summed E-state index contributed by atoms with van der Waals surface area (Å²) >= 11 is 0. The summed E-state index contributed by atoms with van der Waals surface area (Å²) in [5.74, 6) is -0.209. The molecule has 3 N–H and O–H groups in total. The van der Waals surface area contributed by atoms with Gasteiger partial charge in [0, 0.05) is 41.7 Å². The van der Waals surface area contributed by atoms with Crippen molar-refractivity contribution in [2.24, 2.45) is 5.73 Å². The average molecular weight is 447 g/mol. The number of nitro groups is 1. The van der Waals surface area contributed by atoms with E-state index < -0.39 is 17.0 Å². The van der Waals surface area contributed by atoms with Crippen molar-refractivity contribution in [2.75, 3.05) is 13.1 Å². The standard InChI is InChI=1S/C24H25N5O4/c25-11-4-1-5-12-27-23(30)20-14-18-17-9-2-3-10-19(17)26-21(18)22(28(20)24(27)31)15-7-6-8-16(13-15)29(32)33/h2-3,6-10,13,20,22,26H,1,4-5,11-12,14,25H2/t20-,22+/m0/s1. The van der Waals surface area contributed by atoms with E-state index in [1.807, 2.05) is 24.3 Å². The van der Waals surface area contributed by atoms with Crippen molar-refractivity contribution in [2.45, 2.75) is 37.8 Å². The van der Waals surface area contributed by atoms with Crippen LogP contribution in [-0.2, 0) is 11.2 Å². The monoisotopic (exact) mass is 447 g/mol. The fourth-order valence-electron chi connectivity index (χ4n) is 5.08. The number of amides is 3. The molecule has 1 aromatic heterocycles. The lowest BCUT2D eigenvalue weighted by Gasteiger charge is -2.36. The SMILES string of the molecule is NCCCCCN1C(=O)[C@@H]2Cc3c([nH]c4ccccc34)[C@@H](c3cccc([N+](=O)[O-])c3)N2C1=O. The highest BCUT2D eigenvalue weighted by Crippen LogP contribution is 2.44. The van der Waals surface area contributed by atoms with Gasteiger partial charge >= 0.3 is 6.03 Å². The first-order valence-corrected chi connectivity index (χ1v) is 11.2. The van der Waals surface area contributed by atoms with Crippen LogP contribution in [0.5, 0.6) is 0 Å². The minimum Gasteiger partial charge on any atom is -0.356 e. The van der Waals surface area contributed by atoms with E-state index in [0.29, 0.717) is 31.5 Å². The van der Waals surface area contributed by atoms with Crippen molar-refractivity contribution in [3.63, 3.8) is 0 Å². The molecule has 1 fully saturated rings. The molecular weight excluding hydrogens is 422 g/mol. The number of non-ortho nitro benzene ring substituents is 1. The number of unbranched alkanes of at least 4 members (excludes halogenated alkanes) is 2. The van der Waals surface area contributed by atoms with Crippen LogP contribution < -0.4 is 5.73 Å². The Kier molecular flexibility index (Phi) is 5.33. The van der Waals surface area contributed by atoms with E-state index in [9.17, 15) is 19.7 Å². The highest BCUT2D eigenvalue weighted by molar-refractivity contribution is 6.05. The quantitative estimate of drug-likeness (QED) is 0.248. The predicted octanol–water partition coefficient (Wildman–Crippen LogP) is 3.48. The first kappa shape index (κ1) is 21.1. The van der Waals surface area contributed by atoms with E-state index >= 15 is 0 Å². The first-order valence-electron chi connectivity index (χ1n) is 11.2. The number of nitrogens with two attached hydrogens (primary N) is 1. The second-order valence-corrected chi connectivity index (χ2v) is 8.57. The topological polar surface area (TPSA) is 126 Å². The van der Waals surface area contributed by atoms with Crippen molar-refractivity contribution >= 4 is 28.5 Å². The summed E-state index contributed by atoms with van der Waals surface area (Å²) in [6.07, 6.45) is 2.80. The molecule has 9 nitrogen and oxygen atoms in total. The number of fused-ring (bicyclic) bond motifs is 4. The molecule has 2 aromatic carbocycles. The maximum atomic E-state index is 13.5. The second kappa shape index (κ2) is 8.32. The number of hydrogen-bond donors (Lipinski definition) is 2. The number of imide groups is 1. The number of benzene rings is 2. The van der Waals surface area contributed by atoms with Crippen LogP contribution in [0.2, 0.25) is 0 Å². The van der Waals surface area contributed by atoms with Crippen molar-refractivity contribution < 1.29 is 14.5 Å². The van der Waals surface area contributed by atoms with Crippen LogP contribution in [-0.4, -0.2) is 50.8 Å². The Hall–Kier alpha value is -3.72. The fraction of sp³-hybridized carbons (Fsp3) is 0.333. The Morgan fingerprint density at radius 3 is 2.70 bits per heavy atom. The largest absolute Gasteiger partial charge is 0.356 e. The van der Waals surface area contributed by atoms with Crippen LogP contribution in [0.25, 0.3) is 10.9 Å². The van der Waals surface area contributed by atoms with Gasteiger partial charge in [0.15, 0.2) is 0 Å². The van der Waals surface area contributed by atoms with Gasteiger partial charge in [-0.1, -0.05) is 36.8 Å². The number of hydrogen-bond acceptors (Lipinski definition) is 5. The maximum absolute atomic E-state index is 13.5. The molecular formula is C24H25N5O4. The van der Waals surface area contributed by atoms with Gasteiger partial charge in [-0.15, -0.1) is 0 Å². The lowest BCUT2D eigenvalue weighted by atomic mass is 9.88. The van der Waals surface area contributed by atoms with E-state index in [-0.39, 0.29) is 17.6 Å². The molecule has 3 heterocycles. The molecule has 0 spiro atoms. The Labute approximate surface area is 190 Å². The number of rotatable bonds is 7. The molecule has 2 aliphatic heterocycles. The molecule has 0 saturated carbocycles. The summed E-state index contributed by atoms with van der Waals surface area (Å²) in [5.41, 5.74) is 8.82. The van der Waals surface area contributed by atoms with Crippen LogP contribution in [0.3, 0.4) is 0 Å². The van der Waals surface area contributed by atoms with E-state index in [2.05, 4.69) is 4.98 Å². The summed E-state index contributed by atoms with van der Waals surface area (Å²) in [4.78, 5) is 44.2. The first-order chi connectivity index (χ1) is 16.0. The number of H-pyrrole nitrogens is 1. The average Bonchev–Trinajstić information content (AvgIpc) is 3.31. The zero-order chi connectivity index (χ0) is 23.1. The third-order valence-electron chi connectivity index (χ3n) is 6.62. The van der Waals surface area contributed by atoms with Gasteiger partial charge in [0.2, 0.25) is 0 Å². The minimum atomic E-state index is -0.636. The number of aromatic nitrogens is 1. The number of nitrogens with zero attached hydrogens (tertiary/aromatic N) is 3. The van der Waals surface area contributed by atoms with Crippen LogP contribution in [0.1, 0.15) is 42.1 Å². The molecule has 3 aromatic rings. The summed E-state index contributed by atoms with van der Waals surface area (Å²) in [5, 5.41) is 12.4. The third kappa shape index (κ3) is 3.45. The maximum Gasteiger partial charge on any atom is 0.328 e. The molecule has 33 heavy (non-hydrogen) atoms. The number of aromatic amines is 1. The molecule has 0 radical (unpaired) electrons. The van der Waals surface area contributed by atoms with E-state index in [0.717, 1.165) is 35.0 Å². The van der Waals surface area contributed by atoms with Gasteiger partial charge in [-0.2, -0.15) is 0 Å². The Bertz CT molecular complexity index is 1250. The highest BCUT2D eigenvalue weighted by atomic mass is 16.6. The lowest BCUT2D eigenvalue weighted by Crippen LogP contribution is -2.44. The molecule has 3 amide bonds. The molecule has 9 heteroatoms. The third-order valence-corrected chi connectivity index (χ3v) is 6.62. The number of nitro benzene ring substituents is 1. The number of nitrogens with one attached hydrogen (secondary N) is 1. The van der Waals surface area contributed by atoms with Crippen LogP contribution in [0, 0.1) is 10.1 Å². The van der Waals surface area contributed by atoms with Gasteiger partial charge in [-0.3, -0.25) is 24.7 Å². The van der Waals surface area contributed by atoms with Gasteiger partial charge in [0.05, 0.1) is 4.92 Å². The van der Waals surface area contributed by atoms with E-state index in [1.165, 1.54) is 17.0 Å². The Morgan fingerprint density at radius 1 is 1.09 bits per heavy atom. The number of para-hydroxylation sites is 1. The summed E-state index contributed by atoms with van der Waals surface area (Å²) in [6, 6.07) is 12.5. The van der Waals surface area contributed by atoms with Crippen molar-refractivity contribution in [3.8, 4) is 0 Å². The van der Waals surface area contributed by atoms with E-state index in [1.54, 1.807) is 17.0 Å². The Morgan fingerprint density at radius 2 is 1.91 bits per heavy atom. The molecule has 0 unspecified atom stereocenters. The summed E-state index contributed by atoms with van der Waals surface area (Å²) in [6.45, 7) is 0.925. The highest BCUT2D eigenvalue weighted by Gasteiger charge is 2.52. The van der Waals surface area contributed by atoms with Crippen LogP contribution >= 0.6 is 0 Å². The van der Waals surface area contributed by atoms with Gasteiger partial charge in [-0.05, 0) is 36.6 Å². The van der Waals surface area contributed by atoms with Gasteiger partial charge in [-0.25, -0.2) is 4.79 Å². The molecule has 1 saturated heterocycles. The molecule has 170 valence electrons. The Balaban J connectivity index is 1.60. The molecule has 2 aliphatic rings. The number of urea groups is 1. The normalized spacial score (nSPS) is 19.8. The van der Waals surface area contributed by atoms with Crippen molar-refractivity contribution in [1.82, 2.24) is 14.8 Å². The molecule has 0 aliphatic carbocycles. The van der Waals surface area contributed by atoms with Gasteiger partial charge in [0.25, 0.3) is 11.6 Å². The van der Waals surface area contributed by atoms with Crippen molar-refractivity contribution in [3.05, 3.63) is 75.5 Å². The molecule has 0 bridgehead atoms. The van der Waals surface area contributed by atoms with Crippen molar-refractivity contribution in [1.29, 1.82) is 0 Å². The van der Waals surface area contributed by atoms with Crippen LogP contribution in [0.15, 0.2) is 48.5 Å². The zero-order valence-corrected chi connectivity index (χ0v) is 18.1. The zero-order valence-electron chi connectivity index (χ0n) is 18.1. The van der Waals surface area contributed by atoms with Gasteiger partial charge < -0.3 is 10.7 Å². The summed E-state index contributed by atoms with van der Waals surface area (Å²) in [7, 11) is 0. The smallest absolute Gasteiger partial charge is 0.328 e. The molecule has 2 atom stereocenters. The van der Waals surface area contributed by atoms with E-state index in [4.69, 9.17) is 5.73 Å². The number of carbonyl (C=O) groups is 2. The van der Waals surface area contributed by atoms with Gasteiger partial charge in [0.1, 0.15) is 12.1 Å². The van der Waals surface area contributed by atoms with Crippen LogP contribution in [0.4, 0.5) is 10.5 Å². The lowest BCUT2D eigenvalue weighted by molar-refractivity contribution is -0.384. The molecule has 5 rings (SSSR count). The minimum absolute atomic E-state index is 0.0519. The second-order valence-electron chi connectivity index (χ2n) is 8.57.